The molecule has 0 fully saturated rings. The molecule has 0 saturated heterocycles. The molecule has 2 atom stereocenters. The fraction of sp³-hybridized carbons (Fsp3) is 0.250. The van der Waals surface area contributed by atoms with Crippen LogP contribution in [0.15, 0.2) is 36.4 Å². The van der Waals surface area contributed by atoms with Crippen molar-refractivity contribution in [2.75, 3.05) is 7.11 Å². The molecule has 2 aromatic carbocycles. The van der Waals surface area contributed by atoms with E-state index in [1.807, 2.05) is 0 Å². The molecule has 6 heteroatoms. The summed E-state index contributed by atoms with van der Waals surface area (Å²) in [6.07, 6.45) is -1.20. The van der Waals surface area contributed by atoms with E-state index in [0.29, 0.717) is 16.9 Å². The topological polar surface area (TPSA) is 110 Å². The minimum Gasteiger partial charge on any atom is -0.508 e. The van der Waals surface area contributed by atoms with Crippen LogP contribution in [-0.2, 0) is 6.42 Å². The SMILES string of the molecule is CO.Oc1ccc(C2Oc3cc(O)cc(O)c3CC2O)cc1. The molecular weight excluding hydrogens is 288 g/mol. The molecule has 2 aromatic rings. The molecule has 0 bridgehead atoms. The van der Waals surface area contributed by atoms with Crippen LogP contribution >= 0.6 is 0 Å². The minimum atomic E-state index is -0.817. The number of benzene rings is 2. The minimum absolute atomic E-state index is 0.0943. The molecule has 0 spiro atoms. The van der Waals surface area contributed by atoms with Gasteiger partial charge in [-0.3, -0.25) is 0 Å². The highest BCUT2D eigenvalue weighted by atomic mass is 16.5. The average molecular weight is 306 g/mol. The smallest absolute Gasteiger partial charge is 0.150 e. The van der Waals surface area contributed by atoms with Crippen LogP contribution in [0.3, 0.4) is 0 Å². The Balaban J connectivity index is 0.000000847. The third-order valence-electron chi connectivity index (χ3n) is 3.41. The molecule has 1 heterocycles. The third-order valence-corrected chi connectivity index (χ3v) is 3.41. The van der Waals surface area contributed by atoms with Crippen molar-refractivity contribution in [3.05, 3.63) is 47.5 Å². The van der Waals surface area contributed by atoms with E-state index >= 15 is 0 Å². The van der Waals surface area contributed by atoms with Gasteiger partial charge in [0.15, 0.2) is 0 Å². The van der Waals surface area contributed by atoms with Crippen molar-refractivity contribution in [3.8, 4) is 23.0 Å². The van der Waals surface area contributed by atoms with Gasteiger partial charge in [0.25, 0.3) is 0 Å². The van der Waals surface area contributed by atoms with Crippen molar-refractivity contribution in [1.29, 1.82) is 0 Å². The number of rotatable bonds is 1. The van der Waals surface area contributed by atoms with Gasteiger partial charge in [-0.1, -0.05) is 12.1 Å². The van der Waals surface area contributed by atoms with Gasteiger partial charge in [0.1, 0.15) is 29.1 Å². The summed E-state index contributed by atoms with van der Waals surface area (Å²) in [4.78, 5) is 0. The fourth-order valence-electron chi connectivity index (χ4n) is 2.41. The number of phenolic OH excluding ortho intramolecular Hbond substituents is 3. The predicted molar refractivity (Wildman–Crippen MR) is 79.1 cm³/mol. The Morgan fingerprint density at radius 3 is 2.23 bits per heavy atom. The summed E-state index contributed by atoms with van der Waals surface area (Å²) in [5.41, 5.74) is 1.19. The van der Waals surface area contributed by atoms with Gasteiger partial charge in [-0.05, 0) is 17.7 Å². The van der Waals surface area contributed by atoms with E-state index in [9.17, 15) is 20.4 Å². The van der Waals surface area contributed by atoms with Gasteiger partial charge in [0.2, 0.25) is 0 Å². The lowest BCUT2D eigenvalue weighted by atomic mass is 9.94. The summed E-state index contributed by atoms with van der Waals surface area (Å²) in [6, 6.07) is 8.99. The molecule has 5 N–H and O–H groups in total. The largest absolute Gasteiger partial charge is 0.508 e. The normalized spacial score (nSPS) is 19.4. The maximum Gasteiger partial charge on any atom is 0.150 e. The molecule has 2 unspecified atom stereocenters. The van der Waals surface area contributed by atoms with Crippen molar-refractivity contribution in [2.45, 2.75) is 18.6 Å². The van der Waals surface area contributed by atoms with Gasteiger partial charge in [-0.15, -0.1) is 0 Å². The summed E-state index contributed by atoms with van der Waals surface area (Å²) in [5, 5.41) is 45.7. The highest BCUT2D eigenvalue weighted by Crippen LogP contribution is 2.41. The highest BCUT2D eigenvalue weighted by molar-refractivity contribution is 5.51. The molecule has 0 saturated carbocycles. The van der Waals surface area contributed by atoms with E-state index in [1.54, 1.807) is 12.1 Å². The van der Waals surface area contributed by atoms with Crippen molar-refractivity contribution in [1.82, 2.24) is 0 Å². The quantitative estimate of drug-likeness (QED) is 0.545. The van der Waals surface area contributed by atoms with Gasteiger partial charge < -0.3 is 30.3 Å². The van der Waals surface area contributed by atoms with Gasteiger partial charge in [-0.25, -0.2) is 0 Å². The molecule has 3 rings (SSSR count). The zero-order chi connectivity index (χ0) is 16.3. The van der Waals surface area contributed by atoms with Gasteiger partial charge in [-0.2, -0.15) is 0 Å². The second-order valence-corrected chi connectivity index (χ2v) is 4.84. The Morgan fingerprint density at radius 2 is 1.59 bits per heavy atom. The Morgan fingerprint density at radius 1 is 0.955 bits per heavy atom. The van der Waals surface area contributed by atoms with Crippen molar-refractivity contribution < 1.29 is 30.3 Å². The van der Waals surface area contributed by atoms with E-state index in [0.717, 1.165) is 7.11 Å². The second kappa shape index (κ2) is 6.55. The lowest BCUT2D eigenvalue weighted by Gasteiger charge is -2.31. The zero-order valence-corrected chi connectivity index (χ0v) is 12.0. The van der Waals surface area contributed by atoms with Crippen LogP contribution in [0.4, 0.5) is 0 Å². The van der Waals surface area contributed by atoms with Crippen LogP contribution in [-0.4, -0.2) is 38.7 Å². The number of aliphatic hydroxyl groups excluding tert-OH is 2. The van der Waals surface area contributed by atoms with Crippen LogP contribution in [0.5, 0.6) is 23.0 Å². The number of phenols is 3. The Bertz CT molecular complexity index is 638. The Kier molecular flexibility index (Phi) is 4.75. The van der Waals surface area contributed by atoms with Crippen LogP contribution in [0.2, 0.25) is 0 Å². The molecule has 118 valence electrons. The Labute approximate surface area is 127 Å². The molecule has 1 aliphatic rings. The molecule has 0 radical (unpaired) electrons. The summed E-state index contributed by atoms with van der Waals surface area (Å²) in [6.45, 7) is 0. The molecule has 0 amide bonds. The summed E-state index contributed by atoms with van der Waals surface area (Å²) in [7, 11) is 1.00. The summed E-state index contributed by atoms with van der Waals surface area (Å²) >= 11 is 0. The number of hydrogen-bond donors (Lipinski definition) is 5. The third kappa shape index (κ3) is 3.08. The number of fused-ring (bicyclic) bond motifs is 1. The summed E-state index contributed by atoms with van der Waals surface area (Å²) < 4.78 is 5.68. The molecular formula is C16H18O6. The predicted octanol–water partition coefficient (Wildman–Crippen LogP) is 1.45. The van der Waals surface area contributed by atoms with Crippen molar-refractivity contribution in [3.63, 3.8) is 0 Å². The lowest BCUT2D eigenvalue weighted by molar-refractivity contribution is 0.0198. The van der Waals surface area contributed by atoms with Crippen LogP contribution < -0.4 is 4.74 Å². The number of ether oxygens (including phenoxy) is 1. The molecule has 6 nitrogen and oxygen atoms in total. The van der Waals surface area contributed by atoms with E-state index in [2.05, 4.69) is 0 Å². The van der Waals surface area contributed by atoms with E-state index < -0.39 is 12.2 Å². The van der Waals surface area contributed by atoms with E-state index in [4.69, 9.17) is 9.84 Å². The van der Waals surface area contributed by atoms with Gasteiger partial charge in [0, 0.05) is 31.2 Å². The monoisotopic (exact) mass is 306 g/mol. The first kappa shape index (κ1) is 15.9. The van der Waals surface area contributed by atoms with Crippen molar-refractivity contribution >= 4 is 0 Å². The van der Waals surface area contributed by atoms with Crippen LogP contribution in [0, 0.1) is 0 Å². The molecule has 22 heavy (non-hydrogen) atoms. The van der Waals surface area contributed by atoms with Crippen LogP contribution in [0.1, 0.15) is 17.2 Å². The number of hydrogen-bond acceptors (Lipinski definition) is 6. The standard InChI is InChI=1S/C15H14O5.CH4O/c16-9-3-1-8(2-4-9)15-13(19)7-11-12(18)5-10(17)6-14(11)20-15;1-2/h1-6,13,15-19H,7H2;2H,1H3. The fourth-order valence-corrected chi connectivity index (χ4v) is 2.41. The lowest BCUT2D eigenvalue weighted by Crippen LogP contribution is -2.30. The molecule has 1 aliphatic heterocycles. The Hall–Kier alpha value is -2.44. The highest BCUT2D eigenvalue weighted by Gasteiger charge is 2.31. The first-order valence-corrected chi connectivity index (χ1v) is 6.68. The molecule has 0 aliphatic carbocycles. The summed E-state index contributed by atoms with van der Waals surface area (Å²) in [5.74, 6) is 0.297. The molecule has 0 aromatic heterocycles. The van der Waals surface area contributed by atoms with Crippen LogP contribution in [0.25, 0.3) is 0 Å². The van der Waals surface area contributed by atoms with Gasteiger partial charge >= 0.3 is 0 Å². The van der Waals surface area contributed by atoms with E-state index in [1.165, 1.54) is 24.3 Å². The zero-order valence-electron chi connectivity index (χ0n) is 12.0. The maximum atomic E-state index is 10.2. The van der Waals surface area contributed by atoms with Crippen molar-refractivity contribution in [2.24, 2.45) is 0 Å². The maximum absolute atomic E-state index is 10.2. The van der Waals surface area contributed by atoms with Gasteiger partial charge in [0.05, 0.1) is 6.10 Å². The first-order valence-electron chi connectivity index (χ1n) is 6.68. The number of aliphatic hydroxyl groups is 2. The average Bonchev–Trinajstić information content (AvgIpc) is 2.50. The first-order chi connectivity index (χ1) is 10.5. The second-order valence-electron chi connectivity index (χ2n) is 4.84. The van der Waals surface area contributed by atoms with E-state index in [-0.39, 0.29) is 23.7 Å². The number of aromatic hydroxyl groups is 3.